The van der Waals surface area contributed by atoms with E-state index >= 15 is 0 Å². The van der Waals surface area contributed by atoms with E-state index in [0.717, 1.165) is 0 Å². The van der Waals surface area contributed by atoms with Gasteiger partial charge in [-0.15, -0.1) is 12.3 Å². The van der Waals surface area contributed by atoms with Gasteiger partial charge in [0.05, 0.1) is 13.0 Å². The van der Waals surface area contributed by atoms with Crippen LogP contribution in [-0.2, 0) is 9.53 Å². The summed E-state index contributed by atoms with van der Waals surface area (Å²) in [4.78, 5) is 10.8. The Balaban J connectivity index is 3.97. The molecule has 0 aliphatic carbocycles. The van der Waals surface area contributed by atoms with E-state index in [2.05, 4.69) is 10.7 Å². The lowest BCUT2D eigenvalue weighted by Gasteiger charge is -2.10. The molecule has 10 heavy (non-hydrogen) atoms. The third-order valence-corrected chi connectivity index (χ3v) is 1.59. The predicted molar refractivity (Wildman–Crippen MR) is 39.2 cm³/mol. The average Bonchev–Trinajstić information content (AvgIpc) is 2.00. The van der Waals surface area contributed by atoms with Gasteiger partial charge >= 0.3 is 5.97 Å². The highest BCUT2D eigenvalue weighted by Crippen LogP contribution is 2.10. The molecule has 0 amide bonds. The van der Waals surface area contributed by atoms with E-state index in [1.807, 2.05) is 6.92 Å². The fraction of sp³-hybridized carbons (Fsp3) is 0.625. The molecule has 0 fully saturated rings. The first-order valence-corrected chi connectivity index (χ1v) is 3.17. The largest absolute Gasteiger partial charge is 0.469 e. The molecule has 2 atom stereocenters. The Kier molecular flexibility index (Phi) is 3.56. The SMILES string of the molecule is C#CC(C)C(C)C(=O)OC. The monoisotopic (exact) mass is 140 g/mol. The van der Waals surface area contributed by atoms with E-state index in [1.165, 1.54) is 7.11 Å². The van der Waals surface area contributed by atoms with Crippen LogP contribution in [0.1, 0.15) is 13.8 Å². The number of methoxy groups -OCH3 is 1. The van der Waals surface area contributed by atoms with Crippen molar-refractivity contribution in [1.82, 2.24) is 0 Å². The van der Waals surface area contributed by atoms with E-state index < -0.39 is 0 Å². The zero-order valence-electron chi connectivity index (χ0n) is 6.55. The molecule has 0 N–H and O–H groups in total. The Bertz CT molecular complexity index is 155. The van der Waals surface area contributed by atoms with Crippen molar-refractivity contribution in [3.63, 3.8) is 0 Å². The summed E-state index contributed by atoms with van der Waals surface area (Å²) in [5.74, 6) is 1.99. The van der Waals surface area contributed by atoms with Crippen molar-refractivity contribution in [1.29, 1.82) is 0 Å². The third-order valence-electron chi connectivity index (χ3n) is 1.59. The minimum Gasteiger partial charge on any atom is -0.469 e. The normalized spacial score (nSPS) is 15.0. The van der Waals surface area contributed by atoms with Gasteiger partial charge in [-0.1, -0.05) is 13.8 Å². The summed E-state index contributed by atoms with van der Waals surface area (Å²) in [6, 6.07) is 0. The zero-order valence-corrected chi connectivity index (χ0v) is 6.55. The quantitative estimate of drug-likeness (QED) is 0.423. The summed E-state index contributed by atoms with van der Waals surface area (Å²) in [5.41, 5.74) is 0. The Morgan fingerprint density at radius 2 is 2.10 bits per heavy atom. The summed E-state index contributed by atoms with van der Waals surface area (Å²) in [5, 5.41) is 0. The Labute approximate surface area is 61.6 Å². The van der Waals surface area contributed by atoms with Gasteiger partial charge in [-0.3, -0.25) is 4.79 Å². The maximum Gasteiger partial charge on any atom is 0.309 e. The van der Waals surface area contributed by atoms with Gasteiger partial charge in [0, 0.05) is 5.92 Å². The summed E-state index contributed by atoms with van der Waals surface area (Å²) < 4.78 is 4.50. The van der Waals surface area contributed by atoms with E-state index in [4.69, 9.17) is 6.42 Å². The van der Waals surface area contributed by atoms with Crippen molar-refractivity contribution in [2.24, 2.45) is 11.8 Å². The standard InChI is InChI=1S/C8H12O2/c1-5-6(2)7(3)8(9)10-4/h1,6-7H,2-4H3. The minimum atomic E-state index is -0.245. The molecule has 56 valence electrons. The molecule has 0 rings (SSSR count). The maximum atomic E-state index is 10.8. The second-order valence-corrected chi connectivity index (χ2v) is 2.27. The van der Waals surface area contributed by atoms with Gasteiger partial charge in [0.25, 0.3) is 0 Å². The van der Waals surface area contributed by atoms with Crippen molar-refractivity contribution in [2.75, 3.05) is 7.11 Å². The first-order valence-electron chi connectivity index (χ1n) is 3.17. The number of carbonyl (C=O) groups excluding carboxylic acids is 1. The summed E-state index contributed by atoms with van der Waals surface area (Å²) in [6.07, 6.45) is 5.11. The molecule has 0 bridgehead atoms. The third kappa shape index (κ3) is 2.10. The van der Waals surface area contributed by atoms with Crippen molar-refractivity contribution >= 4 is 5.97 Å². The van der Waals surface area contributed by atoms with Gasteiger partial charge in [0.2, 0.25) is 0 Å². The number of hydrogen-bond donors (Lipinski definition) is 0. The lowest BCUT2D eigenvalue weighted by molar-refractivity contribution is -0.145. The van der Waals surface area contributed by atoms with Crippen LogP contribution in [0.5, 0.6) is 0 Å². The zero-order chi connectivity index (χ0) is 8.15. The van der Waals surface area contributed by atoms with E-state index in [1.54, 1.807) is 6.92 Å². The number of hydrogen-bond acceptors (Lipinski definition) is 2. The van der Waals surface area contributed by atoms with Gasteiger partial charge in [0.15, 0.2) is 0 Å². The maximum absolute atomic E-state index is 10.8. The van der Waals surface area contributed by atoms with Crippen LogP contribution >= 0.6 is 0 Å². The highest BCUT2D eigenvalue weighted by molar-refractivity contribution is 5.72. The van der Waals surface area contributed by atoms with Gasteiger partial charge in [-0.2, -0.15) is 0 Å². The van der Waals surface area contributed by atoms with Crippen LogP contribution < -0.4 is 0 Å². The van der Waals surface area contributed by atoms with Crippen LogP contribution in [0, 0.1) is 24.2 Å². The minimum absolute atomic E-state index is 0.0487. The molecule has 2 heteroatoms. The fourth-order valence-corrected chi connectivity index (χ4v) is 0.534. The lowest BCUT2D eigenvalue weighted by Crippen LogP contribution is -2.18. The second kappa shape index (κ2) is 3.94. The van der Waals surface area contributed by atoms with E-state index in [-0.39, 0.29) is 17.8 Å². The number of rotatable bonds is 2. The molecule has 0 heterocycles. The molecule has 0 aromatic heterocycles. The molecular weight excluding hydrogens is 128 g/mol. The molecular formula is C8H12O2. The highest BCUT2D eigenvalue weighted by atomic mass is 16.5. The molecule has 0 aliphatic heterocycles. The van der Waals surface area contributed by atoms with Crippen LogP contribution in [0.25, 0.3) is 0 Å². The van der Waals surface area contributed by atoms with Crippen LogP contribution in [0.3, 0.4) is 0 Å². The van der Waals surface area contributed by atoms with E-state index in [0.29, 0.717) is 0 Å². The molecule has 0 aliphatic rings. The Morgan fingerprint density at radius 3 is 2.40 bits per heavy atom. The summed E-state index contributed by atoms with van der Waals surface area (Å²) in [6.45, 7) is 3.58. The van der Waals surface area contributed by atoms with Crippen LogP contribution in [0.2, 0.25) is 0 Å². The molecule has 0 spiro atoms. The average molecular weight is 140 g/mol. The van der Waals surface area contributed by atoms with Crippen LogP contribution in [0.4, 0.5) is 0 Å². The molecule has 0 saturated heterocycles. The number of carbonyl (C=O) groups is 1. The number of ether oxygens (including phenoxy) is 1. The Hall–Kier alpha value is -0.970. The van der Waals surface area contributed by atoms with E-state index in [9.17, 15) is 4.79 Å². The summed E-state index contributed by atoms with van der Waals surface area (Å²) in [7, 11) is 1.36. The lowest BCUT2D eigenvalue weighted by atomic mass is 9.97. The fourth-order valence-electron chi connectivity index (χ4n) is 0.534. The van der Waals surface area contributed by atoms with Crippen molar-refractivity contribution < 1.29 is 9.53 Å². The summed E-state index contributed by atoms with van der Waals surface area (Å²) >= 11 is 0. The molecule has 0 aromatic carbocycles. The Morgan fingerprint density at radius 1 is 1.60 bits per heavy atom. The second-order valence-electron chi connectivity index (χ2n) is 2.27. The first-order chi connectivity index (χ1) is 4.63. The molecule has 0 radical (unpaired) electrons. The number of terminal acetylenes is 1. The molecule has 2 nitrogen and oxygen atoms in total. The van der Waals surface area contributed by atoms with Gasteiger partial charge < -0.3 is 4.74 Å². The smallest absolute Gasteiger partial charge is 0.309 e. The molecule has 2 unspecified atom stereocenters. The van der Waals surface area contributed by atoms with Gasteiger partial charge in [-0.25, -0.2) is 0 Å². The van der Waals surface area contributed by atoms with Crippen molar-refractivity contribution in [3.05, 3.63) is 0 Å². The highest BCUT2D eigenvalue weighted by Gasteiger charge is 2.18. The van der Waals surface area contributed by atoms with Crippen LogP contribution in [-0.4, -0.2) is 13.1 Å². The van der Waals surface area contributed by atoms with Crippen molar-refractivity contribution in [2.45, 2.75) is 13.8 Å². The molecule has 0 saturated carbocycles. The number of esters is 1. The van der Waals surface area contributed by atoms with Gasteiger partial charge in [-0.05, 0) is 0 Å². The van der Waals surface area contributed by atoms with Gasteiger partial charge in [0.1, 0.15) is 0 Å². The molecule has 0 aromatic rings. The van der Waals surface area contributed by atoms with Crippen LogP contribution in [0.15, 0.2) is 0 Å². The van der Waals surface area contributed by atoms with Crippen molar-refractivity contribution in [3.8, 4) is 12.3 Å². The topological polar surface area (TPSA) is 26.3 Å². The predicted octanol–water partition coefficient (Wildman–Crippen LogP) is 1.06. The first kappa shape index (κ1) is 9.03.